The molecule has 10 heteroatoms. The number of rotatable bonds is 7. The molecule has 1 heterocycles. The first-order valence-corrected chi connectivity index (χ1v) is 11.4. The van der Waals surface area contributed by atoms with Crippen LogP contribution in [-0.4, -0.2) is 6.10 Å². The number of halogens is 8. The molecule has 0 aliphatic carbocycles. The summed E-state index contributed by atoms with van der Waals surface area (Å²) >= 11 is 0. The average Bonchev–Trinajstić information content (AvgIpc) is 2.82. The molecule has 196 valence electrons. The Morgan fingerprint density at radius 1 is 0.838 bits per heavy atom. The molecule has 1 aliphatic rings. The molecule has 37 heavy (non-hydrogen) atoms. The van der Waals surface area contributed by atoms with E-state index in [2.05, 4.69) is 4.74 Å². The third-order valence-electron chi connectivity index (χ3n) is 5.94. The first kappa shape index (κ1) is 26.5. The average molecular weight is 528 g/mol. The van der Waals surface area contributed by atoms with Crippen LogP contribution in [0.5, 0.6) is 5.75 Å². The van der Waals surface area contributed by atoms with E-state index in [1.807, 2.05) is 6.92 Å². The van der Waals surface area contributed by atoms with Gasteiger partial charge in [-0.05, 0) is 54.2 Å². The highest BCUT2D eigenvalue weighted by atomic mass is 19.3. The van der Waals surface area contributed by atoms with E-state index in [0.29, 0.717) is 24.1 Å². The fraction of sp³-hybridized carbons (Fsp3) is 0.259. The van der Waals surface area contributed by atoms with Crippen molar-refractivity contribution in [2.24, 2.45) is 0 Å². The van der Waals surface area contributed by atoms with Crippen molar-refractivity contribution in [3.63, 3.8) is 0 Å². The zero-order valence-corrected chi connectivity index (χ0v) is 19.4. The van der Waals surface area contributed by atoms with Gasteiger partial charge in [0.2, 0.25) is 0 Å². The van der Waals surface area contributed by atoms with Crippen LogP contribution >= 0.6 is 0 Å². The molecule has 0 radical (unpaired) electrons. The molecule has 1 aliphatic heterocycles. The lowest BCUT2D eigenvalue weighted by atomic mass is 9.94. The Morgan fingerprint density at radius 2 is 1.46 bits per heavy atom. The maximum Gasteiger partial charge on any atom is 0.432 e. The molecule has 0 N–H and O–H groups in total. The molecule has 0 fully saturated rings. The Kier molecular flexibility index (Phi) is 7.47. The summed E-state index contributed by atoms with van der Waals surface area (Å²) in [6, 6.07) is 5.11. The zero-order chi connectivity index (χ0) is 26.9. The van der Waals surface area contributed by atoms with Crippen molar-refractivity contribution in [2.45, 2.75) is 44.8 Å². The van der Waals surface area contributed by atoms with Gasteiger partial charge in [-0.15, -0.1) is 0 Å². The van der Waals surface area contributed by atoms with Crippen molar-refractivity contribution < 1.29 is 44.6 Å². The minimum atomic E-state index is -4.74. The summed E-state index contributed by atoms with van der Waals surface area (Å²) in [5, 5.41) is 0. The fourth-order valence-corrected chi connectivity index (χ4v) is 4.11. The minimum Gasteiger partial charge on any atom is -0.498 e. The van der Waals surface area contributed by atoms with E-state index in [4.69, 9.17) is 4.74 Å². The van der Waals surface area contributed by atoms with Gasteiger partial charge in [-0.1, -0.05) is 25.5 Å². The van der Waals surface area contributed by atoms with E-state index in [-0.39, 0.29) is 29.4 Å². The van der Waals surface area contributed by atoms with Gasteiger partial charge in [0.25, 0.3) is 0 Å². The van der Waals surface area contributed by atoms with Crippen molar-refractivity contribution in [2.75, 3.05) is 0 Å². The Morgan fingerprint density at radius 3 is 2.00 bits per heavy atom. The molecule has 0 aromatic heterocycles. The van der Waals surface area contributed by atoms with Crippen LogP contribution in [0, 0.1) is 34.9 Å². The number of allylic oxidation sites excluding steroid dienone is 1. The Balaban J connectivity index is 1.60. The van der Waals surface area contributed by atoms with Crippen molar-refractivity contribution in [3.8, 4) is 16.9 Å². The molecular formula is C27H20F8O2. The third kappa shape index (κ3) is 5.57. The second-order valence-electron chi connectivity index (χ2n) is 8.56. The van der Waals surface area contributed by atoms with Gasteiger partial charge in [-0.25, -0.2) is 26.3 Å². The van der Waals surface area contributed by atoms with Crippen LogP contribution in [0.25, 0.3) is 16.7 Å². The van der Waals surface area contributed by atoms with Gasteiger partial charge >= 0.3 is 6.11 Å². The zero-order valence-electron chi connectivity index (χ0n) is 19.4. The lowest BCUT2D eigenvalue weighted by molar-refractivity contribution is -0.189. The van der Waals surface area contributed by atoms with Gasteiger partial charge in [0.05, 0.1) is 12.4 Å². The van der Waals surface area contributed by atoms with E-state index in [0.717, 1.165) is 30.9 Å². The van der Waals surface area contributed by atoms with Crippen LogP contribution in [-0.2, 0) is 10.8 Å². The van der Waals surface area contributed by atoms with Gasteiger partial charge in [-0.2, -0.15) is 8.78 Å². The molecule has 0 spiro atoms. The number of benzene rings is 3. The van der Waals surface area contributed by atoms with Gasteiger partial charge < -0.3 is 9.47 Å². The van der Waals surface area contributed by atoms with E-state index < -0.39 is 52.3 Å². The molecule has 0 saturated carbocycles. The second-order valence-corrected chi connectivity index (χ2v) is 8.56. The maximum absolute atomic E-state index is 14.9. The number of hydrogen-bond acceptors (Lipinski definition) is 2. The highest BCUT2D eigenvalue weighted by Crippen LogP contribution is 2.38. The summed E-state index contributed by atoms with van der Waals surface area (Å²) in [6.45, 7) is 2.04. The molecule has 1 unspecified atom stereocenters. The summed E-state index contributed by atoms with van der Waals surface area (Å²) < 4.78 is 123. The van der Waals surface area contributed by atoms with Gasteiger partial charge in [0.15, 0.2) is 17.5 Å². The lowest BCUT2D eigenvalue weighted by Gasteiger charge is -2.23. The van der Waals surface area contributed by atoms with Crippen LogP contribution in [0.1, 0.15) is 43.7 Å². The van der Waals surface area contributed by atoms with E-state index in [9.17, 15) is 35.1 Å². The topological polar surface area (TPSA) is 18.5 Å². The van der Waals surface area contributed by atoms with E-state index in [1.165, 1.54) is 12.1 Å². The molecular weight excluding hydrogens is 508 g/mol. The first-order valence-electron chi connectivity index (χ1n) is 11.4. The molecule has 3 aromatic rings. The standard InChI is InChI=1S/C27H20F8O2/c1-2-3-17-6-4-15(13-36-17)14-5-7-19(20(28)8-14)16-9-21(29)25(22(30)10-16)27(34,35)37-18-11-23(31)26(33)24(32)12-18/h5,7-13,17H,2-4,6H2,1H3. The van der Waals surface area contributed by atoms with Crippen LogP contribution < -0.4 is 4.74 Å². The highest BCUT2D eigenvalue weighted by Gasteiger charge is 2.41. The van der Waals surface area contributed by atoms with E-state index in [1.54, 1.807) is 6.26 Å². The summed E-state index contributed by atoms with van der Waals surface area (Å²) in [5.41, 5.74) is -1.23. The van der Waals surface area contributed by atoms with Crippen molar-refractivity contribution in [1.82, 2.24) is 0 Å². The van der Waals surface area contributed by atoms with Crippen molar-refractivity contribution in [3.05, 3.63) is 94.8 Å². The molecule has 0 amide bonds. The molecule has 4 rings (SSSR count). The monoisotopic (exact) mass is 528 g/mol. The first-order chi connectivity index (χ1) is 17.5. The highest BCUT2D eigenvalue weighted by molar-refractivity contribution is 5.71. The second kappa shape index (κ2) is 10.4. The van der Waals surface area contributed by atoms with Gasteiger partial charge in [0.1, 0.15) is 28.8 Å². The molecule has 2 nitrogen and oxygen atoms in total. The van der Waals surface area contributed by atoms with Crippen LogP contribution in [0.3, 0.4) is 0 Å². The van der Waals surface area contributed by atoms with Crippen LogP contribution in [0.2, 0.25) is 0 Å². The van der Waals surface area contributed by atoms with Gasteiger partial charge in [0, 0.05) is 17.7 Å². The molecule has 0 bridgehead atoms. The Bertz CT molecular complexity index is 1310. The van der Waals surface area contributed by atoms with Crippen molar-refractivity contribution in [1.29, 1.82) is 0 Å². The van der Waals surface area contributed by atoms with Crippen LogP contribution in [0.15, 0.2) is 48.7 Å². The summed E-state index contributed by atoms with van der Waals surface area (Å²) in [7, 11) is 0. The van der Waals surface area contributed by atoms with Gasteiger partial charge in [-0.3, -0.25) is 0 Å². The number of ether oxygens (including phenoxy) is 2. The molecule has 0 saturated heterocycles. The van der Waals surface area contributed by atoms with Crippen LogP contribution in [0.4, 0.5) is 35.1 Å². The summed E-state index contributed by atoms with van der Waals surface area (Å²) in [4.78, 5) is 0. The third-order valence-corrected chi connectivity index (χ3v) is 5.94. The number of alkyl halides is 2. The molecule has 1 atom stereocenters. The van der Waals surface area contributed by atoms with Crippen molar-refractivity contribution >= 4 is 5.57 Å². The Labute approximate surface area is 207 Å². The normalized spacial score (nSPS) is 15.8. The quantitative estimate of drug-likeness (QED) is 0.226. The Hall–Kier alpha value is -3.56. The predicted molar refractivity (Wildman–Crippen MR) is 120 cm³/mol. The summed E-state index contributed by atoms with van der Waals surface area (Å²) in [6.07, 6.45) is 0.177. The SMILES string of the molecule is CCCC1CCC(c2ccc(-c3cc(F)c(C(F)(F)Oc4cc(F)c(F)c(F)c4)c(F)c3)c(F)c2)=CO1. The summed E-state index contributed by atoms with van der Waals surface area (Å²) in [5.74, 6) is -11.2. The lowest BCUT2D eigenvalue weighted by Crippen LogP contribution is -2.25. The number of hydrogen-bond donors (Lipinski definition) is 0. The minimum absolute atomic E-state index is 0.0885. The smallest absolute Gasteiger partial charge is 0.432 e. The fourth-order valence-electron chi connectivity index (χ4n) is 4.11. The maximum atomic E-state index is 14.9. The predicted octanol–water partition coefficient (Wildman–Crippen LogP) is 8.64. The molecule has 3 aromatic carbocycles. The largest absolute Gasteiger partial charge is 0.498 e. The van der Waals surface area contributed by atoms with E-state index >= 15 is 0 Å².